The van der Waals surface area contributed by atoms with Crippen LogP contribution in [0.3, 0.4) is 0 Å². The monoisotopic (exact) mass is 355 g/mol. The van der Waals surface area contributed by atoms with Gasteiger partial charge in [0.05, 0.1) is 6.26 Å². The molecular formula is C23H17NO3. The Morgan fingerprint density at radius 3 is 2.52 bits per heavy atom. The summed E-state index contributed by atoms with van der Waals surface area (Å²) in [6, 6.07) is 24.9. The van der Waals surface area contributed by atoms with Crippen LogP contribution in [0.4, 0.5) is 5.69 Å². The van der Waals surface area contributed by atoms with E-state index in [0.29, 0.717) is 17.2 Å². The Hall–Kier alpha value is -3.79. The molecular weight excluding hydrogens is 338 g/mol. The van der Waals surface area contributed by atoms with Crippen molar-refractivity contribution in [3.63, 3.8) is 0 Å². The average molecular weight is 355 g/mol. The molecule has 4 rings (SSSR count). The van der Waals surface area contributed by atoms with Crippen molar-refractivity contribution in [1.82, 2.24) is 0 Å². The minimum absolute atomic E-state index is 0.228. The lowest BCUT2D eigenvalue weighted by molar-refractivity contribution is -0.111. The van der Waals surface area contributed by atoms with Crippen molar-refractivity contribution < 1.29 is 13.9 Å². The molecule has 1 N–H and O–H groups in total. The third-order valence-electron chi connectivity index (χ3n) is 4.04. The second-order valence-electron chi connectivity index (χ2n) is 5.94. The number of furan rings is 1. The summed E-state index contributed by atoms with van der Waals surface area (Å²) >= 11 is 0. The van der Waals surface area contributed by atoms with Crippen LogP contribution < -0.4 is 10.1 Å². The number of benzene rings is 3. The molecule has 4 aromatic rings. The molecule has 1 amide bonds. The van der Waals surface area contributed by atoms with Gasteiger partial charge in [-0.2, -0.15) is 0 Å². The lowest BCUT2D eigenvalue weighted by Gasteiger charge is -2.10. The molecule has 0 atom stereocenters. The van der Waals surface area contributed by atoms with Crippen LogP contribution in [0.15, 0.2) is 95.6 Å². The van der Waals surface area contributed by atoms with Crippen molar-refractivity contribution in [3.05, 3.63) is 97.0 Å². The van der Waals surface area contributed by atoms with Crippen LogP contribution in [0.5, 0.6) is 11.5 Å². The van der Waals surface area contributed by atoms with E-state index in [1.165, 1.54) is 6.08 Å². The number of fused-ring (bicyclic) bond motifs is 1. The summed E-state index contributed by atoms with van der Waals surface area (Å²) in [7, 11) is 0. The molecule has 0 aliphatic heterocycles. The van der Waals surface area contributed by atoms with Gasteiger partial charge in [-0.3, -0.25) is 4.79 Å². The van der Waals surface area contributed by atoms with Crippen LogP contribution in [-0.4, -0.2) is 5.91 Å². The zero-order chi connectivity index (χ0) is 18.5. The summed E-state index contributed by atoms with van der Waals surface area (Å²) in [5.74, 6) is 1.90. The van der Waals surface area contributed by atoms with Crippen molar-refractivity contribution in [2.24, 2.45) is 0 Å². The molecule has 4 heteroatoms. The van der Waals surface area contributed by atoms with E-state index in [2.05, 4.69) is 17.4 Å². The molecule has 0 aliphatic carbocycles. The molecule has 3 aromatic carbocycles. The molecule has 4 nitrogen and oxygen atoms in total. The van der Waals surface area contributed by atoms with Crippen LogP contribution >= 0.6 is 0 Å². The van der Waals surface area contributed by atoms with Crippen LogP contribution in [0.25, 0.3) is 16.8 Å². The van der Waals surface area contributed by atoms with Gasteiger partial charge in [-0.1, -0.05) is 36.4 Å². The van der Waals surface area contributed by atoms with Crippen molar-refractivity contribution in [1.29, 1.82) is 0 Å². The quantitative estimate of drug-likeness (QED) is 0.455. The van der Waals surface area contributed by atoms with Gasteiger partial charge in [0.1, 0.15) is 17.3 Å². The second kappa shape index (κ2) is 7.62. The number of nitrogens with one attached hydrogen (secondary N) is 1. The fourth-order valence-corrected chi connectivity index (χ4v) is 2.75. The number of anilines is 1. The Balaban J connectivity index is 1.43. The number of rotatable bonds is 5. The standard InChI is InChI=1S/C23H17NO3/c25-23(15-14-19-7-4-16-26-19)24-18-10-12-20(13-11-18)27-22-9-3-6-17-5-1-2-8-21(17)22/h1-16H,(H,24,25). The molecule has 132 valence electrons. The van der Waals surface area contributed by atoms with E-state index in [-0.39, 0.29) is 5.91 Å². The summed E-state index contributed by atoms with van der Waals surface area (Å²) in [4.78, 5) is 12.0. The van der Waals surface area contributed by atoms with Crippen molar-refractivity contribution >= 4 is 28.4 Å². The maximum Gasteiger partial charge on any atom is 0.248 e. The summed E-state index contributed by atoms with van der Waals surface area (Å²) in [6.45, 7) is 0. The van der Waals surface area contributed by atoms with Crippen LogP contribution in [0.2, 0.25) is 0 Å². The van der Waals surface area contributed by atoms with Crippen molar-refractivity contribution in [3.8, 4) is 11.5 Å². The normalized spacial score (nSPS) is 11.0. The third kappa shape index (κ3) is 4.07. The molecule has 0 spiro atoms. The van der Waals surface area contributed by atoms with Crippen molar-refractivity contribution in [2.45, 2.75) is 0 Å². The summed E-state index contributed by atoms with van der Waals surface area (Å²) in [5, 5.41) is 4.99. The van der Waals surface area contributed by atoms with Crippen LogP contribution in [0, 0.1) is 0 Å². The van der Waals surface area contributed by atoms with Crippen LogP contribution in [0.1, 0.15) is 5.76 Å². The highest BCUT2D eigenvalue weighted by Gasteiger charge is 2.04. The first-order valence-corrected chi connectivity index (χ1v) is 8.56. The highest BCUT2D eigenvalue weighted by molar-refractivity contribution is 6.01. The molecule has 0 bridgehead atoms. The molecule has 0 fully saturated rings. The molecule has 1 heterocycles. The van der Waals surface area contributed by atoms with E-state index in [1.54, 1.807) is 36.6 Å². The fraction of sp³-hybridized carbons (Fsp3) is 0. The lowest BCUT2D eigenvalue weighted by Crippen LogP contribution is -2.07. The number of hydrogen-bond acceptors (Lipinski definition) is 3. The lowest BCUT2D eigenvalue weighted by atomic mass is 10.1. The smallest absolute Gasteiger partial charge is 0.248 e. The zero-order valence-corrected chi connectivity index (χ0v) is 14.5. The SMILES string of the molecule is O=C(C=Cc1ccco1)Nc1ccc(Oc2cccc3ccccc23)cc1. The molecule has 0 saturated carbocycles. The van der Waals surface area contributed by atoms with Gasteiger partial charge in [0.2, 0.25) is 5.91 Å². The van der Waals surface area contributed by atoms with Crippen LogP contribution in [-0.2, 0) is 4.79 Å². The number of hydrogen-bond donors (Lipinski definition) is 1. The first kappa shape index (κ1) is 16.7. The van der Waals surface area contributed by atoms with E-state index < -0.39 is 0 Å². The minimum Gasteiger partial charge on any atom is -0.465 e. The Bertz CT molecular complexity index is 1080. The topological polar surface area (TPSA) is 51.5 Å². The maximum atomic E-state index is 12.0. The Morgan fingerprint density at radius 1 is 0.889 bits per heavy atom. The van der Waals surface area contributed by atoms with Crippen molar-refractivity contribution in [2.75, 3.05) is 5.32 Å². The zero-order valence-electron chi connectivity index (χ0n) is 14.5. The maximum absolute atomic E-state index is 12.0. The Morgan fingerprint density at radius 2 is 1.70 bits per heavy atom. The number of amides is 1. The number of carbonyl (C=O) groups excluding carboxylic acids is 1. The van der Waals surface area contributed by atoms with E-state index >= 15 is 0 Å². The van der Waals surface area contributed by atoms with Gasteiger partial charge < -0.3 is 14.5 Å². The molecule has 1 aromatic heterocycles. The van der Waals surface area contributed by atoms with Gasteiger partial charge >= 0.3 is 0 Å². The van der Waals surface area contributed by atoms with E-state index in [9.17, 15) is 4.79 Å². The molecule has 0 aliphatic rings. The third-order valence-corrected chi connectivity index (χ3v) is 4.04. The Kier molecular flexibility index (Phi) is 4.70. The van der Waals surface area contributed by atoms with Gasteiger partial charge in [-0.15, -0.1) is 0 Å². The molecule has 0 saturated heterocycles. The summed E-state index contributed by atoms with van der Waals surface area (Å²) < 4.78 is 11.2. The van der Waals surface area contributed by atoms with E-state index in [4.69, 9.17) is 9.15 Å². The van der Waals surface area contributed by atoms with Gasteiger partial charge in [0.25, 0.3) is 0 Å². The predicted octanol–water partition coefficient (Wildman–Crippen LogP) is 5.88. The second-order valence-corrected chi connectivity index (χ2v) is 5.94. The highest BCUT2D eigenvalue weighted by Crippen LogP contribution is 2.30. The average Bonchev–Trinajstić information content (AvgIpc) is 3.22. The fourth-order valence-electron chi connectivity index (χ4n) is 2.75. The molecule has 0 unspecified atom stereocenters. The van der Waals surface area contributed by atoms with Gasteiger partial charge in [-0.25, -0.2) is 0 Å². The summed E-state index contributed by atoms with van der Waals surface area (Å²) in [5.41, 5.74) is 0.689. The molecule has 0 radical (unpaired) electrons. The van der Waals surface area contributed by atoms with Gasteiger partial charge in [0.15, 0.2) is 0 Å². The summed E-state index contributed by atoms with van der Waals surface area (Å²) in [6.07, 6.45) is 4.61. The van der Waals surface area contributed by atoms with E-state index in [1.807, 2.05) is 42.5 Å². The number of carbonyl (C=O) groups is 1. The first-order valence-electron chi connectivity index (χ1n) is 8.56. The predicted molar refractivity (Wildman–Crippen MR) is 107 cm³/mol. The molecule has 27 heavy (non-hydrogen) atoms. The highest BCUT2D eigenvalue weighted by atomic mass is 16.5. The number of ether oxygens (including phenoxy) is 1. The Labute approximate surface area is 156 Å². The first-order chi connectivity index (χ1) is 13.3. The van der Waals surface area contributed by atoms with E-state index in [0.717, 1.165) is 16.5 Å². The minimum atomic E-state index is -0.228. The van der Waals surface area contributed by atoms with Gasteiger partial charge in [0, 0.05) is 17.1 Å². The largest absolute Gasteiger partial charge is 0.465 e. The van der Waals surface area contributed by atoms with Gasteiger partial charge in [-0.05, 0) is 53.9 Å².